The summed E-state index contributed by atoms with van der Waals surface area (Å²) in [6, 6.07) is 5.75. The van der Waals surface area contributed by atoms with Gasteiger partial charge in [-0.2, -0.15) is 5.10 Å². The van der Waals surface area contributed by atoms with E-state index in [1.807, 2.05) is 0 Å². The van der Waals surface area contributed by atoms with Crippen molar-refractivity contribution in [3.63, 3.8) is 0 Å². The van der Waals surface area contributed by atoms with Crippen molar-refractivity contribution in [3.05, 3.63) is 46.6 Å². The minimum atomic E-state index is -0.762. The average Bonchev–Trinajstić information content (AvgIpc) is 3.05. The number of hydrazone groups is 1. The van der Waals surface area contributed by atoms with Gasteiger partial charge in [-0.1, -0.05) is 29.2 Å². The van der Waals surface area contributed by atoms with E-state index in [4.69, 9.17) is 27.3 Å². The van der Waals surface area contributed by atoms with Gasteiger partial charge in [0.2, 0.25) is 5.91 Å². The maximum absolute atomic E-state index is 13.0. The lowest BCUT2D eigenvalue weighted by atomic mass is 9.90. The molecule has 1 unspecified atom stereocenters. The van der Waals surface area contributed by atoms with Crippen molar-refractivity contribution >= 4 is 61.7 Å². The van der Waals surface area contributed by atoms with Gasteiger partial charge in [-0.3, -0.25) is 9.59 Å². The van der Waals surface area contributed by atoms with Gasteiger partial charge in [0.25, 0.3) is 5.91 Å². The van der Waals surface area contributed by atoms with Crippen molar-refractivity contribution in [1.29, 1.82) is 0 Å². The summed E-state index contributed by atoms with van der Waals surface area (Å²) in [6.45, 7) is 1.76. The molecule has 0 spiro atoms. The number of nitrogens with one attached hydrogen (secondary N) is 2. The molecular weight excluding hydrogens is 375 g/mol. The van der Waals surface area contributed by atoms with E-state index in [9.17, 15) is 9.59 Å². The standard InChI is InChI=1S/C18H16B2ClN5O2/c1-9-6-10(19)7-11(17(27)22-2)15(9)24-18(28)13-8-14(20)25-26(13)16-12(21)4-3-5-23-16/h3-7,13H,8H2,1-2H3,(H,22,27)(H,24,28). The summed E-state index contributed by atoms with van der Waals surface area (Å²) in [5, 5.41) is 11.3. The van der Waals surface area contributed by atoms with Crippen molar-refractivity contribution < 1.29 is 9.59 Å². The second-order valence-corrected chi connectivity index (χ2v) is 6.70. The summed E-state index contributed by atoms with van der Waals surface area (Å²) in [6.07, 6.45) is 1.75. The number of aromatic nitrogens is 1. The lowest BCUT2D eigenvalue weighted by Crippen LogP contribution is -2.40. The Balaban J connectivity index is 1.93. The number of benzene rings is 1. The fourth-order valence-electron chi connectivity index (χ4n) is 2.98. The molecule has 0 aliphatic carbocycles. The first-order chi connectivity index (χ1) is 13.3. The van der Waals surface area contributed by atoms with Crippen molar-refractivity contribution in [2.45, 2.75) is 19.4 Å². The smallest absolute Gasteiger partial charge is 0.253 e. The van der Waals surface area contributed by atoms with E-state index in [2.05, 4.69) is 20.7 Å². The molecule has 28 heavy (non-hydrogen) atoms. The lowest BCUT2D eigenvalue weighted by molar-refractivity contribution is -0.117. The molecule has 1 aliphatic rings. The number of pyridine rings is 1. The Kier molecular flexibility index (Phi) is 5.74. The molecule has 2 N–H and O–H groups in total. The summed E-state index contributed by atoms with van der Waals surface area (Å²) in [7, 11) is 13.2. The molecule has 10 heteroatoms. The van der Waals surface area contributed by atoms with Crippen molar-refractivity contribution in [3.8, 4) is 0 Å². The first kappa shape index (κ1) is 19.9. The summed E-state index contributed by atoms with van der Waals surface area (Å²) in [5.74, 6) is -0.438. The van der Waals surface area contributed by atoms with Crippen molar-refractivity contribution in [2.75, 3.05) is 17.4 Å². The zero-order chi connectivity index (χ0) is 20.4. The largest absolute Gasteiger partial charge is 0.355 e. The van der Waals surface area contributed by atoms with E-state index in [1.54, 1.807) is 31.3 Å². The van der Waals surface area contributed by atoms with Crippen LogP contribution in [0.25, 0.3) is 0 Å². The summed E-state index contributed by atoms with van der Waals surface area (Å²) in [4.78, 5) is 29.5. The molecule has 2 aromatic rings. The molecule has 0 saturated heterocycles. The number of rotatable bonds is 4. The number of anilines is 2. The highest BCUT2D eigenvalue weighted by Gasteiger charge is 2.34. The molecule has 4 radical (unpaired) electrons. The zero-order valence-electron chi connectivity index (χ0n) is 15.4. The number of halogens is 1. The second kappa shape index (κ2) is 8.06. The Morgan fingerprint density at radius 1 is 1.32 bits per heavy atom. The normalized spacial score (nSPS) is 15.9. The monoisotopic (exact) mass is 391 g/mol. The Labute approximate surface area is 170 Å². The molecule has 0 bridgehead atoms. The first-order valence-corrected chi connectivity index (χ1v) is 8.85. The van der Waals surface area contributed by atoms with Crippen LogP contribution in [-0.4, -0.2) is 51.2 Å². The van der Waals surface area contributed by atoms with Crippen LogP contribution in [0.5, 0.6) is 0 Å². The molecule has 1 aromatic heterocycles. The second-order valence-electron chi connectivity index (χ2n) is 6.29. The Morgan fingerprint density at radius 3 is 2.75 bits per heavy atom. The van der Waals surface area contributed by atoms with Crippen LogP contribution in [0.1, 0.15) is 22.3 Å². The molecule has 3 rings (SSSR count). The van der Waals surface area contributed by atoms with Gasteiger partial charge in [-0.15, -0.1) is 0 Å². The Hall–Kier alpha value is -2.80. The van der Waals surface area contributed by atoms with E-state index in [0.717, 1.165) is 0 Å². The van der Waals surface area contributed by atoms with Crippen molar-refractivity contribution in [1.82, 2.24) is 10.3 Å². The molecule has 1 aromatic carbocycles. The van der Waals surface area contributed by atoms with Crippen LogP contribution in [0.2, 0.25) is 5.02 Å². The van der Waals surface area contributed by atoms with E-state index < -0.39 is 11.9 Å². The number of carbonyl (C=O) groups is 2. The fraction of sp³-hybridized carbons (Fsp3) is 0.222. The molecule has 2 heterocycles. The third kappa shape index (κ3) is 3.89. The van der Waals surface area contributed by atoms with E-state index >= 15 is 0 Å². The van der Waals surface area contributed by atoms with Gasteiger partial charge in [-0.25, -0.2) is 9.99 Å². The minimum Gasteiger partial charge on any atom is -0.355 e. The van der Waals surface area contributed by atoms with Crippen LogP contribution in [-0.2, 0) is 4.79 Å². The molecule has 0 fully saturated rings. The van der Waals surface area contributed by atoms with Crippen LogP contribution in [0, 0.1) is 6.92 Å². The molecule has 2 amide bonds. The number of hydrogen-bond donors (Lipinski definition) is 2. The van der Waals surface area contributed by atoms with Gasteiger partial charge in [0.1, 0.15) is 21.7 Å². The van der Waals surface area contributed by atoms with Gasteiger partial charge >= 0.3 is 0 Å². The van der Waals surface area contributed by atoms with E-state index in [0.29, 0.717) is 27.6 Å². The average molecular weight is 391 g/mol. The molecule has 138 valence electrons. The van der Waals surface area contributed by atoms with Crippen molar-refractivity contribution in [2.24, 2.45) is 5.10 Å². The number of nitrogens with zero attached hydrogens (tertiary/aromatic N) is 3. The topological polar surface area (TPSA) is 86.7 Å². The maximum Gasteiger partial charge on any atom is 0.253 e. The summed E-state index contributed by atoms with van der Waals surface area (Å²) >= 11 is 6.20. The van der Waals surface area contributed by atoms with Gasteiger partial charge in [0.05, 0.1) is 16.3 Å². The highest BCUT2D eigenvalue weighted by atomic mass is 35.5. The van der Waals surface area contributed by atoms with Gasteiger partial charge < -0.3 is 10.6 Å². The lowest BCUT2D eigenvalue weighted by Gasteiger charge is -2.24. The summed E-state index contributed by atoms with van der Waals surface area (Å²) < 4.78 is 0. The molecule has 0 saturated carbocycles. The Bertz CT molecular complexity index is 982. The fourth-order valence-corrected chi connectivity index (χ4v) is 3.19. The summed E-state index contributed by atoms with van der Waals surface area (Å²) in [5.41, 5.74) is 1.99. The third-order valence-corrected chi connectivity index (χ3v) is 4.57. The van der Waals surface area contributed by atoms with E-state index in [-0.39, 0.29) is 23.5 Å². The minimum absolute atomic E-state index is 0.196. The van der Waals surface area contributed by atoms with Crippen LogP contribution in [0.15, 0.2) is 35.6 Å². The van der Waals surface area contributed by atoms with Crippen LogP contribution >= 0.6 is 11.6 Å². The SMILES string of the molecule is [B]C1=NN(c2ncccc2Cl)C(C(=O)Nc2c(C)cc([B])cc2C(=O)NC)C1. The number of aryl methyl sites for hydroxylation is 1. The van der Waals surface area contributed by atoms with Crippen LogP contribution in [0.4, 0.5) is 11.5 Å². The van der Waals surface area contributed by atoms with Gasteiger partial charge in [0, 0.05) is 19.7 Å². The zero-order valence-corrected chi connectivity index (χ0v) is 16.1. The quantitative estimate of drug-likeness (QED) is 0.758. The molecular formula is C18H16B2ClN5O2. The van der Waals surface area contributed by atoms with Gasteiger partial charge in [-0.05, 0) is 30.2 Å². The molecule has 1 aliphatic heterocycles. The Morgan fingerprint density at radius 2 is 2.07 bits per heavy atom. The third-order valence-electron chi connectivity index (χ3n) is 4.27. The van der Waals surface area contributed by atoms with Gasteiger partial charge in [0.15, 0.2) is 5.82 Å². The first-order valence-electron chi connectivity index (χ1n) is 8.47. The van der Waals surface area contributed by atoms with Crippen LogP contribution < -0.4 is 21.1 Å². The van der Waals surface area contributed by atoms with E-state index in [1.165, 1.54) is 18.1 Å². The molecule has 1 atom stereocenters. The predicted molar refractivity (Wildman–Crippen MR) is 112 cm³/mol. The predicted octanol–water partition coefficient (Wildman–Crippen LogP) is 0.896. The number of carbonyl (C=O) groups excluding carboxylic acids is 2. The molecule has 7 nitrogen and oxygen atoms in total. The number of hydrogen-bond acceptors (Lipinski definition) is 5. The highest BCUT2D eigenvalue weighted by Crippen LogP contribution is 2.30. The number of amides is 2. The highest BCUT2D eigenvalue weighted by molar-refractivity contribution is 6.60. The maximum atomic E-state index is 13.0. The van der Waals surface area contributed by atoms with Crippen LogP contribution in [0.3, 0.4) is 0 Å².